The number of nitrogens with one attached hydrogen (secondary N) is 3. The number of carboxylic acids is 1. The molecule has 13 aromatic rings. The zero-order valence-electron chi connectivity index (χ0n) is 67.5. The number of nitrogens with zero attached hydrogens (tertiary/aromatic N) is 4. The molecule has 4 N–H and O–H groups in total. The van der Waals surface area contributed by atoms with Crippen LogP contribution >= 0.6 is 15.9 Å². The molecule has 0 saturated carbocycles. The standard InChI is InChI=1S/C26H27FN2O5S.C20H22N2O7S.C19H20BrNO6S.C19H22N2O5S/c1-4-34-24-15-18(12-13-23(24)33-2)22(16-35(3,31)32)29-21-11-7-9-19(25(21)28-26(29)30)14-17-8-5-6-10-20(17)27;1-4-29-18-10-12(6-8-17(18)28-2)16(11-30(3,26)27)22-15-7-5-13(19(23)24)9-14(15)21-20(22)25;1-4-26-18-9-12(5-8-16(18)25-2)15(11-28(3,23)24)21-14-7-6-13(20)10-17(14)27-19(21)22;1-4-26-18-11-13(9-10-17(18)25-2)16(12-27(3,23)24)21-15-8-6-5-7-14(15)20-19(21)22/h5-13,15,22H,4,14,16H2,1-3H3,(H,28,30);5-10,16H,4,11H2,1-3H3,(H,21,25)(H,23,24);5-10,15H,4,11H2,1-3H3;5-11,16H,4,12H2,1-3H3,(H,20,22)/t22-;16-;15-;16-/m1111/s1. The van der Waals surface area contributed by atoms with E-state index in [-0.39, 0.29) is 46.5 Å². The van der Waals surface area contributed by atoms with Crippen molar-refractivity contribution in [3.63, 3.8) is 0 Å². The van der Waals surface area contributed by atoms with Gasteiger partial charge in [0, 0.05) is 35.9 Å². The van der Waals surface area contributed by atoms with E-state index in [1.165, 1.54) is 71.0 Å². The third-order valence-electron chi connectivity index (χ3n) is 18.9. The number of sulfone groups is 4. The Kier molecular flexibility index (Phi) is 29.3. The number of imidazole rings is 3. The van der Waals surface area contributed by atoms with Gasteiger partial charge in [0.2, 0.25) is 0 Å². The summed E-state index contributed by atoms with van der Waals surface area (Å²) < 4.78 is 167. The van der Waals surface area contributed by atoms with Crippen molar-refractivity contribution in [2.75, 3.05) is 103 Å². The monoisotopic (exact) mass is 1790 g/mol. The van der Waals surface area contributed by atoms with E-state index in [2.05, 4.69) is 30.9 Å². The number of benzene rings is 9. The van der Waals surface area contributed by atoms with Crippen LogP contribution in [0.1, 0.15) is 95.6 Å². The lowest BCUT2D eigenvalue weighted by molar-refractivity contribution is 0.0696. The highest BCUT2D eigenvalue weighted by Crippen LogP contribution is 2.39. The summed E-state index contributed by atoms with van der Waals surface area (Å²) in [5, 5.41) is 9.19. The maximum atomic E-state index is 14.3. The highest BCUT2D eigenvalue weighted by Gasteiger charge is 2.31. The van der Waals surface area contributed by atoms with Crippen LogP contribution in [0.4, 0.5) is 4.39 Å². The second-order valence-corrected chi connectivity index (χ2v) is 37.3. The van der Waals surface area contributed by atoms with E-state index in [1.54, 1.807) is 133 Å². The SMILES string of the molecule is CCOc1cc([C@@H](CS(C)(=O)=O)n2c(=O)[nH]c3c(Cc4ccccc4F)cccc32)ccc1OC.CCOc1cc([C@@H](CS(C)(=O)=O)n2c(=O)[nH]c3cc(C(=O)O)ccc32)ccc1OC.CCOc1cc([C@@H](CS(C)(=O)=O)n2c(=O)[nH]c3ccccc32)ccc1OC.CCOc1cc([C@@H](CS(C)(=O)=O)n2c(=O)oc3cc(Br)ccc32)ccc1OC. The first-order chi connectivity index (χ1) is 56.9. The van der Waals surface area contributed by atoms with Gasteiger partial charge in [-0.05, 0) is 170 Å². The van der Waals surface area contributed by atoms with Gasteiger partial charge in [-0.25, -0.2) is 62.0 Å². The zero-order chi connectivity index (χ0) is 87.3. The highest BCUT2D eigenvalue weighted by atomic mass is 79.9. The molecule has 0 bridgehead atoms. The van der Waals surface area contributed by atoms with Gasteiger partial charge in [0.25, 0.3) is 0 Å². The highest BCUT2D eigenvalue weighted by molar-refractivity contribution is 9.10. The number of rotatable bonds is 31. The van der Waals surface area contributed by atoms with E-state index in [9.17, 15) is 67.1 Å². The normalized spacial score (nSPS) is 12.7. The second-order valence-electron chi connectivity index (χ2n) is 27.7. The van der Waals surface area contributed by atoms with E-state index in [1.807, 2.05) is 45.9 Å². The van der Waals surface area contributed by atoms with Crippen molar-refractivity contribution < 1.29 is 90.3 Å². The summed E-state index contributed by atoms with van der Waals surface area (Å²) >= 11 is 3.34. The number of carboxylic acid groups (broad SMARTS) is 1. The van der Waals surface area contributed by atoms with Crippen LogP contribution in [0.25, 0.3) is 44.2 Å². The number of aromatic carboxylic acids is 1. The fourth-order valence-electron chi connectivity index (χ4n) is 13.9. The number of hydrogen-bond acceptors (Lipinski definition) is 22. The average Bonchev–Trinajstić information content (AvgIpc) is 1.64. The summed E-state index contributed by atoms with van der Waals surface area (Å²) in [6.07, 6.45) is 4.80. The van der Waals surface area contributed by atoms with E-state index in [4.69, 9.17) is 42.3 Å². The number of fused-ring (bicyclic) bond motifs is 4. The summed E-state index contributed by atoms with van der Waals surface area (Å²) in [6.45, 7) is 8.95. The Hall–Kier alpha value is -11.9. The third kappa shape index (κ3) is 22.2. The Morgan fingerprint density at radius 1 is 0.417 bits per heavy atom. The van der Waals surface area contributed by atoms with Crippen molar-refractivity contribution in [3.05, 3.63) is 267 Å². The van der Waals surface area contributed by atoms with Crippen LogP contribution in [-0.2, 0) is 45.8 Å². The molecule has 0 aliphatic heterocycles. The molecule has 638 valence electrons. The average molecular weight is 1790 g/mol. The van der Waals surface area contributed by atoms with E-state index < -0.39 is 86.6 Å². The number of carbonyl (C=O) groups is 1. The third-order valence-corrected chi connectivity index (χ3v) is 23.1. The summed E-state index contributed by atoms with van der Waals surface area (Å²) in [4.78, 5) is 70.7. The van der Waals surface area contributed by atoms with Gasteiger partial charge in [-0.3, -0.25) is 18.3 Å². The molecule has 0 spiro atoms. The zero-order valence-corrected chi connectivity index (χ0v) is 72.4. The first-order valence-electron chi connectivity index (χ1n) is 37.3. The Morgan fingerprint density at radius 2 is 0.783 bits per heavy atom. The van der Waals surface area contributed by atoms with Crippen LogP contribution < -0.4 is 60.7 Å². The van der Waals surface area contributed by atoms with Gasteiger partial charge in [-0.1, -0.05) is 82.7 Å². The lowest BCUT2D eigenvalue weighted by Gasteiger charge is -2.20. The molecule has 0 unspecified atom stereocenters. The van der Waals surface area contributed by atoms with Crippen LogP contribution in [0.2, 0.25) is 0 Å². The van der Waals surface area contributed by atoms with Crippen molar-refractivity contribution in [2.45, 2.75) is 58.3 Å². The number of ether oxygens (including phenoxy) is 8. The van der Waals surface area contributed by atoms with E-state index in [0.29, 0.717) is 144 Å². The van der Waals surface area contributed by atoms with E-state index in [0.717, 1.165) is 35.1 Å². The lowest BCUT2D eigenvalue weighted by Crippen LogP contribution is -2.28. The van der Waals surface area contributed by atoms with Crippen molar-refractivity contribution in [3.8, 4) is 46.0 Å². The van der Waals surface area contributed by atoms with Crippen molar-refractivity contribution in [1.29, 1.82) is 0 Å². The van der Waals surface area contributed by atoms with Crippen LogP contribution in [0.15, 0.2) is 204 Å². The second kappa shape index (κ2) is 38.9. The fourth-order valence-corrected chi connectivity index (χ4v) is 17.9. The molecule has 120 heavy (non-hydrogen) atoms. The Labute approximate surface area is 698 Å². The maximum absolute atomic E-state index is 14.3. The van der Waals surface area contributed by atoms with Crippen LogP contribution in [0.5, 0.6) is 46.0 Å². The van der Waals surface area contributed by atoms with Gasteiger partial charge in [0.15, 0.2) is 51.6 Å². The molecular weight excluding hydrogens is 1700 g/mol. The summed E-state index contributed by atoms with van der Waals surface area (Å²) in [7, 11) is -7.67. The number of methoxy groups -OCH3 is 4. The summed E-state index contributed by atoms with van der Waals surface area (Å²) in [6, 6.07) is 45.6. The van der Waals surface area contributed by atoms with Gasteiger partial charge in [0.1, 0.15) is 45.2 Å². The fraction of sp³-hybridized carbons (Fsp3) is 0.298. The number of aromatic nitrogens is 7. The maximum Gasteiger partial charge on any atom is 0.420 e. The number of H-pyrrole nitrogens is 3. The van der Waals surface area contributed by atoms with Crippen LogP contribution in [0, 0.1) is 5.82 Å². The minimum atomic E-state index is -3.49. The minimum Gasteiger partial charge on any atom is -0.493 e. The molecule has 0 amide bonds. The van der Waals surface area contributed by atoms with E-state index >= 15 is 0 Å². The predicted octanol–water partition coefficient (Wildman–Crippen LogP) is 11.9. The Morgan fingerprint density at radius 3 is 1.20 bits per heavy atom. The number of hydrogen-bond donors (Lipinski definition) is 4. The van der Waals surface area contributed by atoms with Gasteiger partial charge >= 0.3 is 28.8 Å². The molecule has 0 aliphatic carbocycles. The molecular formula is C84H91BrFN7O23S4. The Balaban J connectivity index is 0.000000169. The largest absolute Gasteiger partial charge is 0.493 e. The Bertz CT molecular complexity index is 6650. The molecule has 13 rings (SSSR count). The minimum absolute atomic E-state index is 0.0126. The molecule has 0 fully saturated rings. The molecule has 36 heteroatoms. The molecule has 0 radical (unpaired) electrons. The number of halogens is 2. The van der Waals surface area contributed by atoms with Crippen molar-refractivity contribution in [2.24, 2.45) is 0 Å². The molecule has 30 nitrogen and oxygen atoms in total. The summed E-state index contributed by atoms with van der Waals surface area (Å²) in [5.74, 6) is 0.721. The molecule has 0 saturated heterocycles. The quantitative estimate of drug-likeness (QED) is 0.0313. The van der Waals surface area contributed by atoms with Crippen molar-refractivity contribution in [1.82, 2.24) is 33.2 Å². The number of aromatic amines is 3. The molecule has 9 aromatic carbocycles. The topological polar surface area (TPSA) is 396 Å². The van der Waals surface area contributed by atoms with Crippen LogP contribution in [0.3, 0.4) is 0 Å². The molecule has 4 atom stereocenters. The first-order valence-corrected chi connectivity index (χ1v) is 46.3. The van der Waals surface area contributed by atoms with Gasteiger partial charge < -0.3 is 62.4 Å². The van der Waals surface area contributed by atoms with Gasteiger partial charge in [-0.15, -0.1) is 0 Å². The molecule has 4 aromatic heterocycles. The first kappa shape index (κ1) is 90.5. The summed E-state index contributed by atoms with van der Waals surface area (Å²) in [5.41, 5.74) is 6.20. The molecule has 0 aliphatic rings. The lowest BCUT2D eigenvalue weighted by atomic mass is 10.0. The van der Waals surface area contributed by atoms with Crippen molar-refractivity contribution >= 4 is 105 Å². The van der Waals surface area contributed by atoms with Gasteiger partial charge in [0.05, 0.1) is 146 Å². The molecule has 4 heterocycles. The number of para-hydroxylation sites is 3. The number of oxazole rings is 1. The van der Waals surface area contributed by atoms with Crippen LogP contribution in [-0.4, -0.2) is 181 Å². The smallest absolute Gasteiger partial charge is 0.420 e. The predicted molar refractivity (Wildman–Crippen MR) is 460 cm³/mol. The van der Waals surface area contributed by atoms with Gasteiger partial charge in [-0.2, -0.15) is 0 Å².